The molecule has 104 valence electrons. The van der Waals surface area contributed by atoms with Gasteiger partial charge in [-0.05, 0) is 19.4 Å². The Balaban J connectivity index is 3.05. The number of ether oxygens (including phenoxy) is 2. The van der Waals surface area contributed by atoms with Crippen LogP contribution in [0.15, 0.2) is 12.1 Å². The monoisotopic (exact) mass is 271 g/mol. The number of nitrogens with zero attached hydrogens (tertiary/aromatic N) is 1. The van der Waals surface area contributed by atoms with Crippen LogP contribution in [0.1, 0.15) is 22.8 Å². The number of esters is 1. The number of nitro benzene ring substituents is 1. The van der Waals surface area contributed by atoms with E-state index in [-0.39, 0.29) is 17.9 Å². The number of nitro groups is 1. The number of non-ortho nitro benzene ring substituents is 1. The summed E-state index contributed by atoms with van der Waals surface area (Å²) in [5, 5.41) is 10.7. The summed E-state index contributed by atoms with van der Waals surface area (Å²) in [6.07, 6.45) is -0.573. The van der Waals surface area contributed by atoms with Crippen LogP contribution in [-0.4, -0.2) is 30.7 Å². The fourth-order valence-electron chi connectivity index (χ4n) is 1.52. The molecule has 0 spiro atoms. The maximum absolute atomic E-state index is 13.8. The van der Waals surface area contributed by atoms with Crippen molar-refractivity contribution in [1.29, 1.82) is 0 Å². The molecule has 0 aliphatic rings. The van der Waals surface area contributed by atoms with E-state index < -0.39 is 28.4 Å². The zero-order valence-electron chi connectivity index (χ0n) is 10.8. The minimum Gasteiger partial charge on any atom is -0.457 e. The van der Waals surface area contributed by atoms with Crippen molar-refractivity contribution in [3.05, 3.63) is 39.2 Å². The van der Waals surface area contributed by atoms with Gasteiger partial charge < -0.3 is 9.47 Å². The molecule has 0 N–H and O–H groups in total. The Morgan fingerprint density at radius 1 is 1.53 bits per heavy atom. The van der Waals surface area contributed by atoms with Crippen LogP contribution >= 0.6 is 0 Å². The molecule has 1 atom stereocenters. The number of rotatable bonds is 5. The molecule has 0 aromatic heterocycles. The van der Waals surface area contributed by atoms with Crippen molar-refractivity contribution in [2.24, 2.45) is 0 Å². The third-order valence-corrected chi connectivity index (χ3v) is 2.38. The van der Waals surface area contributed by atoms with Crippen molar-refractivity contribution in [2.75, 3.05) is 13.7 Å². The van der Waals surface area contributed by atoms with E-state index in [1.807, 2.05) is 0 Å². The Hall–Kier alpha value is -2.02. The average Bonchev–Trinajstić information content (AvgIpc) is 2.32. The van der Waals surface area contributed by atoms with Crippen LogP contribution in [-0.2, 0) is 9.47 Å². The lowest BCUT2D eigenvalue weighted by Gasteiger charge is -2.12. The van der Waals surface area contributed by atoms with Gasteiger partial charge in [0.25, 0.3) is 5.69 Å². The Morgan fingerprint density at radius 2 is 2.16 bits per heavy atom. The summed E-state index contributed by atoms with van der Waals surface area (Å²) in [7, 11) is 1.43. The largest absolute Gasteiger partial charge is 0.457 e. The molecule has 1 rings (SSSR count). The number of halogens is 1. The van der Waals surface area contributed by atoms with Crippen molar-refractivity contribution < 1.29 is 23.6 Å². The van der Waals surface area contributed by atoms with Crippen molar-refractivity contribution in [3.8, 4) is 0 Å². The first-order valence-electron chi connectivity index (χ1n) is 5.51. The summed E-state index contributed by atoms with van der Waals surface area (Å²) in [5.41, 5.74) is -0.791. The number of hydrogen-bond acceptors (Lipinski definition) is 5. The third-order valence-electron chi connectivity index (χ3n) is 2.38. The molecular formula is C12H14FNO5. The van der Waals surface area contributed by atoms with Crippen molar-refractivity contribution in [3.63, 3.8) is 0 Å². The lowest BCUT2D eigenvalue weighted by molar-refractivity contribution is -0.385. The van der Waals surface area contributed by atoms with E-state index in [2.05, 4.69) is 0 Å². The van der Waals surface area contributed by atoms with Gasteiger partial charge >= 0.3 is 5.97 Å². The van der Waals surface area contributed by atoms with Crippen LogP contribution in [0.25, 0.3) is 0 Å². The van der Waals surface area contributed by atoms with E-state index in [0.29, 0.717) is 0 Å². The molecule has 0 aliphatic heterocycles. The first-order valence-corrected chi connectivity index (χ1v) is 5.51. The van der Waals surface area contributed by atoms with Gasteiger partial charge in [0.05, 0.1) is 11.5 Å². The maximum Gasteiger partial charge on any atom is 0.341 e. The van der Waals surface area contributed by atoms with Gasteiger partial charge in [-0.2, -0.15) is 0 Å². The quantitative estimate of drug-likeness (QED) is 0.466. The second kappa shape index (κ2) is 6.24. The summed E-state index contributed by atoms with van der Waals surface area (Å²) in [6.45, 7) is 3.07. The number of carbonyl (C=O) groups excluding carboxylic acids is 1. The maximum atomic E-state index is 13.8. The molecule has 6 nitrogen and oxygen atoms in total. The molecule has 7 heteroatoms. The Kier molecular flexibility index (Phi) is 4.94. The van der Waals surface area contributed by atoms with E-state index in [1.165, 1.54) is 14.0 Å². The molecule has 1 unspecified atom stereocenters. The molecule has 0 amide bonds. The summed E-state index contributed by atoms with van der Waals surface area (Å²) < 4.78 is 23.5. The van der Waals surface area contributed by atoms with Gasteiger partial charge in [-0.3, -0.25) is 10.1 Å². The molecule has 1 aromatic carbocycles. The predicted octanol–water partition coefficient (Wildman–Crippen LogP) is 2.23. The molecule has 0 aliphatic carbocycles. The van der Waals surface area contributed by atoms with Crippen LogP contribution in [0.5, 0.6) is 0 Å². The van der Waals surface area contributed by atoms with Gasteiger partial charge in [0.1, 0.15) is 17.5 Å². The van der Waals surface area contributed by atoms with Gasteiger partial charge in [-0.25, -0.2) is 9.18 Å². The van der Waals surface area contributed by atoms with Crippen molar-refractivity contribution in [2.45, 2.75) is 20.0 Å². The Bertz CT molecular complexity index is 503. The highest BCUT2D eigenvalue weighted by Gasteiger charge is 2.22. The van der Waals surface area contributed by atoms with Gasteiger partial charge in [-0.15, -0.1) is 0 Å². The highest BCUT2D eigenvalue weighted by atomic mass is 19.1. The van der Waals surface area contributed by atoms with Gasteiger partial charge in [-0.1, -0.05) is 0 Å². The highest BCUT2D eigenvalue weighted by molar-refractivity contribution is 5.91. The Morgan fingerprint density at radius 3 is 2.68 bits per heavy atom. The number of aryl methyl sites for hydroxylation is 1. The number of carbonyl (C=O) groups is 1. The first-order chi connectivity index (χ1) is 8.86. The zero-order valence-corrected chi connectivity index (χ0v) is 10.8. The fraction of sp³-hybridized carbons (Fsp3) is 0.417. The SMILES string of the molecule is COCC(C)OC(=O)c1cc([N+](=O)[O-])cc(C)c1F. The second-order valence-electron chi connectivity index (χ2n) is 4.05. The highest BCUT2D eigenvalue weighted by Crippen LogP contribution is 2.22. The Labute approximate surface area is 109 Å². The molecule has 0 saturated carbocycles. The van der Waals surface area contributed by atoms with Crippen LogP contribution in [0.4, 0.5) is 10.1 Å². The number of hydrogen-bond donors (Lipinski definition) is 0. The second-order valence-corrected chi connectivity index (χ2v) is 4.05. The van der Waals surface area contributed by atoms with E-state index in [1.54, 1.807) is 6.92 Å². The number of benzene rings is 1. The molecular weight excluding hydrogens is 257 g/mol. The predicted molar refractivity (Wildman–Crippen MR) is 64.5 cm³/mol. The van der Waals surface area contributed by atoms with Crippen LogP contribution in [0.3, 0.4) is 0 Å². The van der Waals surface area contributed by atoms with E-state index in [4.69, 9.17) is 9.47 Å². The van der Waals surface area contributed by atoms with E-state index in [9.17, 15) is 19.3 Å². The van der Waals surface area contributed by atoms with Crippen LogP contribution < -0.4 is 0 Å². The molecule has 0 fully saturated rings. The summed E-state index contributed by atoms with van der Waals surface area (Å²) >= 11 is 0. The lowest BCUT2D eigenvalue weighted by Crippen LogP contribution is -2.20. The minimum atomic E-state index is -0.950. The van der Waals surface area contributed by atoms with E-state index >= 15 is 0 Å². The molecule has 0 radical (unpaired) electrons. The van der Waals surface area contributed by atoms with Gasteiger partial charge in [0.2, 0.25) is 0 Å². The minimum absolute atomic E-state index is 0.0144. The average molecular weight is 271 g/mol. The normalized spacial score (nSPS) is 12.0. The summed E-state index contributed by atoms with van der Waals surface area (Å²) in [4.78, 5) is 21.7. The van der Waals surface area contributed by atoms with Gasteiger partial charge in [0.15, 0.2) is 0 Å². The van der Waals surface area contributed by atoms with Gasteiger partial charge in [0, 0.05) is 19.2 Å². The fourth-order valence-corrected chi connectivity index (χ4v) is 1.52. The molecule has 19 heavy (non-hydrogen) atoms. The van der Waals surface area contributed by atoms with Crippen molar-refractivity contribution in [1.82, 2.24) is 0 Å². The first kappa shape index (κ1) is 15.0. The molecule has 0 bridgehead atoms. The standard InChI is InChI=1S/C12H14FNO5/c1-7-4-9(14(16)17)5-10(11(7)13)12(15)19-8(2)6-18-3/h4-5,8H,6H2,1-3H3. The smallest absolute Gasteiger partial charge is 0.341 e. The lowest BCUT2D eigenvalue weighted by atomic mass is 10.1. The van der Waals surface area contributed by atoms with Crippen LogP contribution in [0, 0.1) is 22.9 Å². The molecule has 0 heterocycles. The van der Waals surface area contributed by atoms with Crippen molar-refractivity contribution >= 4 is 11.7 Å². The van der Waals surface area contributed by atoms with Crippen LogP contribution in [0.2, 0.25) is 0 Å². The molecule has 1 aromatic rings. The van der Waals surface area contributed by atoms with E-state index in [0.717, 1.165) is 12.1 Å². The summed E-state index contributed by atoms with van der Waals surface area (Å²) in [6, 6.07) is 1.93. The topological polar surface area (TPSA) is 78.7 Å². The molecule has 0 saturated heterocycles. The summed E-state index contributed by atoms with van der Waals surface area (Å²) in [5.74, 6) is -1.77. The number of methoxy groups -OCH3 is 1. The third kappa shape index (κ3) is 3.72. The zero-order chi connectivity index (χ0) is 14.6.